The molecule has 27 heavy (non-hydrogen) atoms. The van der Waals surface area contributed by atoms with Gasteiger partial charge in [-0.25, -0.2) is 4.39 Å². The fourth-order valence-corrected chi connectivity index (χ4v) is 2.54. The van der Waals surface area contributed by atoms with E-state index in [-0.39, 0.29) is 43.0 Å². The number of nitrogens with one attached hydrogen (secondary N) is 1. The predicted octanol–water partition coefficient (Wildman–Crippen LogP) is 4.24. The number of pyridine rings is 1. The second-order valence-electron chi connectivity index (χ2n) is 5.74. The number of benzene rings is 2. The number of rotatable bonds is 5. The molecule has 1 aromatic heterocycles. The molecule has 0 spiro atoms. The number of hydrogen-bond acceptors (Lipinski definition) is 3. The second-order valence-corrected chi connectivity index (χ2v) is 5.74. The highest BCUT2D eigenvalue weighted by molar-refractivity contribution is 5.95. The lowest BCUT2D eigenvalue weighted by Gasteiger charge is -2.13. The van der Waals surface area contributed by atoms with Gasteiger partial charge in [-0.05, 0) is 59.5 Å². The lowest BCUT2D eigenvalue weighted by atomic mass is 10.1. The Balaban J connectivity index is 0.00000182. The largest absolute Gasteiger partial charge is 0.325 e. The Labute approximate surface area is 169 Å². The first kappa shape index (κ1) is 22.6. The number of hydrogen-bond donors (Lipinski definition) is 2. The van der Waals surface area contributed by atoms with Crippen LogP contribution >= 0.6 is 24.8 Å². The van der Waals surface area contributed by atoms with E-state index in [1.807, 2.05) is 36.4 Å². The number of carbonyl (C=O) groups excluding carboxylic acids is 1. The molecule has 3 aromatic rings. The van der Waals surface area contributed by atoms with E-state index in [1.165, 1.54) is 12.1 Å². The Morgan fingerprint density at radius 1 is 1.00 bits per heavy atom. The molecule has 2 aromatic carbocycles. The minimum Gasteiger partial charge on any atom is -0.325 e. The number of carbonyl (C=O) groups is 1. The molecule has 1 heterocycles. The third kappa shape index (κ3) is 6.32. The lowest BCUT2D eigenvalue weighted by Crippen LogP contribution is -2.37. The van der Waals surface area contributed by atoms with Gasteiger partial charge in [-0.2, -0.15) is 0 Å². The van der Waals surface area contributed by atoms with Crippen LogP contribution in [0.4, 0.5) is 10.1 Å². The molecule has 1 atom stereocenters. The van der Waals surface area contributed by atoms with Gasteiger partial charge >= 0.3 is 0 Å². The maximum Gasteiger partial charge on any atom is 0.241 e. The van der Waals surface area contributed by atoms with Gasteiger partial charge in [-0.1, -0.05) is 24.3 Å². The smallest absolute Gasteiger partial charge is 0.241 e. The van der Waals surface area contributed by atoms with Crippen molar-refractivity contribution in [3.8, 4) is 11.1 Å². The molecule has 0 unspecified atom stereocenters. The van der Waals surface area contributed by atoms with Gasteiger partial charge in [-0.3, -0.25) is 9.78 Å². The van der Waals surface area contributed by atoms with Crippen LogP contribution in [-0.4, -0.2) is 16.9 Å². The number of halogens is 3. The van der Waals surface area contributed by atoms with Crippen LogP contribution in [0, 0.1) is 5.82 Å². The molecule has 0 aliphatic heterocycles. The molecule has 0 saturated heterocycles. The molecule has 0 saturated carbocycles. The number of amides is 1. The maximum atomic E-state index is 13.2. The first-order chi connectivity index (χ1) is 12.1. The normalized spacial score (nSPS) is 10.9. The highest BCUT2D eigenvalue weighted by Gasteiger charge is 2.14. The minimum absolute atomic E-state index is 0. The molecule has 0 fully saturated rings. The van der Waals surface area contributed by atoms with Gasteiger partial charge < -0.3 is 11.1 Å². The molecule has 4 nitrogen and oxygen atoms in total. The SMILES string of the molecule is Cl.Cl.N[C@H](Cc1cccc(F)c1)C(=O)Nc1ccc(-c2ccncc2)cc1. The van der Waals surface area contributed by atoms with Crippen molar-refractivity contribution in [3.05, 3.63) is 84.4 Å². The summed E-state index contributed by atoms with van der Waals surface area (Å²) in [5.74, 6) is -0.641. The average Bonchev–Trinajstić information content (AvgIpc) is 2.63. The zero-order valence-electron chi connectivity index (χ0n) is 14.3. The van der Waals surface area contributed by atoms with Gasteiger partial charge in [-0.15, -0.1) is 24.8 Å². The highest BCUT2D eigenvalue weighted by atomic mass is 35.5. The summed E-state index contributed by atoms with van der Waals surface area (Å²) in [6.45, 7) is 0. The van der Waals surface area contributed by atoms with Crippen LogP contribution in [-0.2, 0) is 11.2 Å². The second kappa shape index (κ2) is 10.6. The van der Waals surface area contributed by atoms with E-state index in [2.05, 4.69) is 10.3 Å². The molecule has 0 radical (unpaired) electrons. The van der Waals surface area contributed by atoms with Crippen LogP contribution in [0.1, 0.15) is 5.56 Å². The van der Waals surface area contributed by atoms with Gasteiger partial charge in [0.15, 0.2) is 0 Å². The molecule has 3 rings (SSSR count). The lowest BCUT2D eigenvalue weighted by molar-refractivity contribution is -0.117. The Kier molecular flexibility index (Phi) is 8.88. The van der Waals surface area contributed by atoms with Gasteiger partial charge in [0.1, 0.15) is 5.82 Å². The number of nitrogens with two attached hydrogens (primary N) is 1. The van der Waals surface area contributed by atoms with Crippen LogP contribution in [0.25, 0.3) is 11.1 Å². The molecule has 0 aliphatic carbocycles. The van der Waals surface area contributed by atoms with E-state index in [1.54, 1.807) is 24.5 Å². The van der Waals surface area contributed by atoms with Crippen molar-refractivity contribution >= 4 is 36.4 Å². The molecular weight excluding hydrogens is 388 g/mol. The van der Waals surface area contributed by atoms with Crippen molar-refractivity contribution < 1.29 is 9.18 Å². The third-order valence-corrected chi connectivity index (χ3v) is 3.85. The Morgan fingerprint density at radius 2 is 1.63 bits per heavy atom. The van der Waals surface area contributed by atoms with E-state index in [9.17, 15) is 9.18 Å². The van der Waals surface area contributed by atoms with Crippen LogP contribution in [0.2, 0.25) is 0 Å². The standard InChI is InChI=1S/C20H18FN3O.2ClH/c21-17-3-1-2-14(12-17)13-19(22)20(25)24-18-6-4-15(5-7-18)16-8-10-23-11-9-16;;/h1-12,19H,13,22H2,(H,24,25);2*1H/t19-;;/m1../s1. The van der Waals surface area contributed by atoms with Gasteiger partial charge in [0.2, 0.25) is 5.91 Å². The summed E-state index contributed by atoms with van der Waals surface area (Å²) in [7, 11) is 0. The number of anilines is 1. The van der Waals surface area contributed by atoms with E-state index < -0.39 is 6.04 Å². The molecule has 142 valence electrons. The Hall–Kier alpha value is -2.47. The fraction of sp³-hybridized carbons (Fsp3) is 0.100. The third-order valence-electron chi connectivity index (χ3n) is 3.85. The van der Waals surface area contributed by atoms with Crippen molar-refractivity contribution in [1.29, 1.82) is 0 Å². The summed E-state index contributed by atoms with van der Waals surface area (Å²) in [6.07, 6.45) is 3.74. The Bertz CT molecular complexity index is 861. The summed E-state index contributed by atoms with van der Waals surface area (Å²) in [5.41, 5.74) is 9.36. The van der Waals surface area contributed by atoms with Crippen molar-refractivity contribution in [3.63, 3.8) is 0 Å². The quantitative estimate of drug-likeness (QED) is 0.664. The average molecular weight is 408 g/mol. The molecule has 0 bridgehead atoms. The van der Waals surface area contributed by atoms with E-state index in [4.69, 9.17) is 5.73 Å². The highest BCUT2D eigenvalue weighted by Crippen LogP contribution is 2.20. The summed E-state index contributed by atoms with van der Waals surface area (Å²) < 4.78 is 13.2. The monoisotopic (exact) mass is 407 g/mol. The van der Waals surface area contributed by atoms with Crippen LogP contribution in [0.3, 0.4) is 0 Å². The van der Waals surface area contributed by atoms with Gasteiger partial charge in [0.05, 0.1) is 6.04 Å². The first-order valence-corrected chi connectivity index (χ1v) is 7.93. The zero-order valence-corrected chi connectivity index (χ0v) is 16.0. The summed E-state index contributed by atoms with van der Waals surface area (Å²) in [5, 5.41) is 2.79. The molecule has 7 heteroatoms. The zero-order chi connectivity index (χ0) is 17.6. The van der Waals surface area contributed by atoms with Crippen molar-refractivity contribution in [2.45, 2.75) is 12.5 Å². The maximum absolute atomic E-state index is 13.2. The van der Waals surface area contributed by atoms with Gasteiger partial charge in [0.25, 0.3) is 0 Å². The molecule has 3 N–H and O–H groups in total. The van der Waals surface area contributed by atoms with Crippen LogP contribution < -0.4 is 11.1 Å². The van der Waals surface area contributed by atoms with E-state index >= 15 is 0 Å². The first-order valence-electron chi connectivity index (χ1n) is 7.93. The minimum atomic E-state index is -0.748. The fourth-order valence-electron chi connectivity index (χ4n) is 2.54. The van der Waals surface area contributed by atoms with Crippen molar-refractivity contribution in [2.24, 2.45) is 5.73 Å². The topological polar surface area (TPSA) is 68.0 Å². The molecular formula is C20H20Cl2FN3O. The van der Waals surface area contributed by atoms with E-state index in [0.29, 0.717) is 11.3 Å². The van der Waals surface area contributed by atoms with Crippen LogP contribution in [0.5, 0.6) is 0 Å². The Morgan fingerprint density at radius 3 is 2.26 bits per heavy atom. The van der Waals surface area contributed by atoms with E-state index in [0.717, 1.165) is 11.1 Å². The van der Waals surface area contributed by atoms with Gasteiger partial charge in [0, 0.05) is 18.1 Å². The number of nitrogens with zero attached hydrogens (tertiary/aromatic N) is 1. The van der Waals surface area contributed by atoms with Crippen LogP contribution in [0.15, 0.2) is 73.1 Å². The predicted molar refractivity (Wildman–Crippen MR) is 111 cm³/mol. The number of aromatic nitrogens is 1. The summed E-state index contributed by atoms with van der Waals surface area (Å²) in [6, 6.07) is 16.7. The summed E-state index contributed by atoms with van der Waals surface area (Å²) >= 11 is 0. The molecule has 0 aliphatic rings. The van der Waals surface area contributed by atoms with Crippen molar-refractivity contribution in [2.75, 3.05) is 5.32 Å². The van der Waals surface area contributed by atoms with Crippen molar-refractivity contribution in [1.82, 2.24) is 4.98 Å². The summed E-state index contributed by atoms with van der Waals surface area (Å²) in [4.78, 5) is 16.2. The molecule has 1 amide bonds.